The van der Waals surface area contributed by atoms with Crippen LogP contribution in [0.5, 0.6) is 0 Å². The fourth-order valence-electron chi connectivity index (χ4n) is 3.76. The fraction of sp³-hybridized carbons (Fsp3) is 0.222. The molecule has 3 aromatic carbocycles. The summed E-state index contributed by atoms with van der Waals surface area (Å²) in [4.78, 5) is 38.1. The van der Waals surface area contributed by atoms with Gasteiger partial charge in [0, 0.05) is 0 Å². The van der Waals surface area contributed by atoms with Crippen molar-refractivity contribution in [3.63, 3.8) is 0 Å². The van der Waals surface area contributed by atoms with Gasteiger partial charge < -0.3 is 29.2 Å². The molecule has 1 aliphatic rings. The van der Waals surface area contributed by atoms with Crippen LogP contribution in [0.25, 0.3) is 0 Å². The molecule has 1 saturated heterocycles. The van der Waals surface area contributed by atoms with Gasteiger partial charge in [-0.3, -0.25) is 0 Å². The van der Waals surface area contributed by atoms with E-state index in [-0.39, 0.29) is 16.7 Å². The van der Waals surface area contributed by atoms with E-state index in [1.807, 2.05) is 0 Å². The van der Waals surface area contributed by atoms with Crippen molar-refractivity contribution < 1.29 is 43.5 Å². The van der Waals surface area contributed by atoms with Crippen molar-refractivity contribution in [2.45, 2.75) is 30.7 Å². The summed E-state index contributed by atoms with van der Waals surface area (Å²) in [5.41, 5.74) is -1.73. The third kappa shape index (κ3) is 5.13. The average molecular weight is 492 g/mol. The molecular weight excluding hydrogens is 468 g/mol. The molecule has 2 N–H and O–H groups in total. The molecule has 4 rings (SSSR count). The van der Waals surface area contributed by atoms with Crippen LogP contribution in [0.2, 0.25) is 0 Å². The Morgan fingerprint density at radius 1 is 0.750 bits per heavy atom. The number of rotatable bonds is 7. The van der Waals surface area contributed by atoms with Crippen molar-refractivity contribution in [3.05, 3.63) is 108 Å². The quantitative estimate of drug-likeness (QED) is 0.291. The van der Waals surface area contributed by atoms with Gasteiger partial charge in [-0.25, -0.2) is 14.4 Å². The normalized spacial score (nSPS) is 22.4. The molecule has 3 atom stereocenters. The Bertz CT molecular complexity index is 1210. The van der Waals surface area contributed by atoms with Crippen LogP contribution < -0.4 is 0 Å². The third-order valence-corrected chi connectivity index (χ3v) is 5.79. The Kier molecular flexibility index (Phi) is 7.16. The number of aliphatic hydroxyl groups is 2. The minimum Gasteiger partial charge on any atom is -0.459 e. The highest BCUT2D eigenvalue weighted by atomic mass is 16.8. The first kappa shape index (κ1) is 25.1. The zero-order chi connectivity index (χ0) is 25.8. The SMILES string of the molecule is C[C@@]1(OC(=O)c2ccccc2)[C@H](OC(=O)c2ccccc2)[C@@H](COC(=O)c2ccccc2)OC1(O)O. The molecule has 0 spiro atoms. The Balaban J connectivity index is 1.61. The number of ether oxygens (including phenoxy) is 4. The molecular formula is C27H24O9. The fourth-order valence-corrected chi connectivity index (χ4v) is 3.76. The van der Waals surface area contributed by atoms with E-state index >= 15 is 0 Å². The standard InChI is InChI=1S/C27H24O9/c1-26(36-25(30)20-15-9-4-10-16-20)22(34-24(29)19-13-7-3-8-14-19)21(35-27(26,31)32)17-33-23(28)18-11-5-2-6-12-18/h2-16,21-22,31-32H,17H2,1H3/t21-,22-,26-/m1/s1. The Morgan fingerprint density at radius 3 is 1.69 bits per heavy atom. The number of carbonyl (C=O) groups is 3. The van der Waals surface area contributed by atoms with Crippen molar-refractivity contribution in [1.29, 1.82) is 0 Å². The monoisotopic (exact) mass is 492 g/mol. The number of hydrogen-bond acceptors (Lipinski definition) is 9. The third-order valence-electron chi connectivity index (χ3n) is 5.79. The van der Waals surface area contributed by atoms with E-state index in [1.54, 1.807) is 66.7 Å². The topological polar surface area (TPSA) is 129 Å². The van der Waals surface area contributed by atoms with Gasteiger partial charge in [0.2, 0.25) is 5.60 Å². The average Bonchev–Trinajstić information content (AvgIpc) is 3.08. The highest BCUT2D eigenvalue weighted by molar-refractivity contribution is 5.91. The van der Waals surface area contributed by atoms with Gasteiger partial charge in [0.05, 0.1) is 16.7 Å². The van der Waals surface area contributed by atoms with Crippen LogP contribution in [0.15, 0.2) is 91.0 Å². The molecule has 9 heteroatoms. The second-order valence-corrected chi connectivity index (χ2v) is 8.28. The number of carbonyl (C=O) groups excluding carboxylic acids is 3. The van der Waals surface area contributed by atoms with Crippen LogP contribution in [0.4, 0.5) is 0 Å². The van der Waals surface area contributed by atoms with E-state index in [2.05, 4.69) is 0 Å². The Hall–Kier alpha value is -4.05. The molecule has 0 amide bonds. The van der Waals surface area contributed by atoms with Crippen LogP contribution in [-0.2, 0) is 18.9 Å². The molecule has 0 bridgehead atoms. The molecule has 0 aromatic heterocycles. The largest absolute Gasteiger partial charge is 0.459 e. The zero-order valence-corrected chi connectivity index (χ0v) is 19.3. The molecule has 9 nitrogen and oxygen atoms in total. The molecule has 0 unspecified atom stereocenters. The lowest BCUT2D eigenvalue weighted by Crippen LogP contribution is -2.58. The van der Waals surface area contributed by atoms with E-state index in [9.17, 15) is 24.6 Å². The highest BCUT2D eigenvalue weighted by Gasteiger charge is 2.68. The van der Waals surface area contributed by atoms with E-state index in [4.69, 9.17) is 18.9 Å². The molecule has 36 heavy (non-hydrogen) atoms. The molecule has 186 valence electrons. The second-order valence-electron chi connectivity index (χ2n) is 8.28. The Morgan fingerprint density at radius 2 is 1.19 bits per heavy atom. The van der Waals surface area contributed by atoms with E-state index in [0.29, 0.717) is 0 Å². The smallest absolute Gasteiger partial charge is 0.339 e. The highest BCUT2D eigenvalue weighted by Crippen LogP contribution is 2.42. The molecule has 0 radical (unpaired) electrons. The lowest BCUT2D eigenvalue weighted by molar-refractivity contribution is -0.379. The van der Waals surface area contributed by atoms with Gasteiger partial charge >= 0.3 is 23.9 Å². The van der Waals surface area contributed by atoms with Crippen LogP contribution in [0.3, 0.4) is 0 Å². The van der Waals surface area contributed by atoms with Gasteiger partial charge in [0.25, 0.3) is 0 Å². The summed E-state index contributed by atoms with van der Waals surface area (Å²) in [6, 6.07) is 23.9. The van der Waals surface area contributed by atoms with E-state index < -0.39 is 48.3 Å². The van der Waals surface area contributed by atoms with Gasteiger partial charge in [0.1, 0.15) is 12.7 Å². The first-order valence-corrected chi connectivity index (χ1v) is 11.1. The van der Waals surface area contributed by atoms with Crippen molar-refractivity contribution in [2.75, 3.05) is 6.61 Å². The summed E-state index contributed by atoms with van der Waals surface area (Å²) >= 11 is 0. The van der Waals surface area contributed by atoms with E-state index in [0.717, 1.165) is 6.92 Å². The molecule has 0 saturated carbocycles. The van der Waals surface area contributed by atoms with Crippen molar-refractivity contribution in [2.24, 2.45) is 0 Å². The predicted octanol–water partition coefficient (Wildman–Crippen LogP) is 2.72. The molecule has 1 heterocycles. The Labute approximate surface area is 206 Å². The first-order valence-electron chi connectivity index (χ1n) is 11.1. The molecule has 3 aromatic rings. The minimum absolute atomic E-state index is 0.126. The van der Waals surface area contributed by atoms with Crippen LogP contribution in [0.1, 0.15) is 38.0 Å². The lowest BCUT2D eigenvalue weighted by atomic mass is 9.94. The molecule has 0 aliphatic carbocycles. The number of benzene rings is 3. The maximum Gasteiger partial charge on any atom is 0.339 e. The van der Waals surface area contributed by atoms with Crippen LogP contribution >= 0.6 is 0 Å². The lowest BCUT2D eigenvalue weighted by Gasteiger charge is -2.35. The van der Waals surface area contributed by atoms with Gasteiger partial charge in [-0.15, -0.1) is 0 Å². The summed E-state index contributed by atoms with van der Waals surface area (Å²) in [6.07, 6.45) is -2.94. The summed E-state index contributed by atoms with van der Waals surface area (Å²) in [6.45, 7) is 0.637. The maximum atomic E-state index is 12.9. The maximum absolute atomic E-state index is 12.9. The zero-order valence-electron chi connectivity index (χ0n) is 19.3. The van der Waals surface area contributed by atoms with Gasteiger partial charge in [0.15, 0.2) is 6.10 Å². The van der Waals surface area contributed by atoms with Gasteiger partial charge in [-0.1, -0.05) is 54.6 Å². The predicted molar refractivity (Wildman–Crippen MR) is 125 cm³/mol. The molecule has 1 aliphatic heterocycles. The van der Waals surface area contributed by atoms with Crippen molar-refractivity contribution >= 4 is 17.9 Å². The first-order chi connectivity index (χ1) is 17.2. The van der Waals surface area contributed by atoms with Crippen LogP contribution in [-0.4, -0.2) is 58.5 Å². The van der Waals surface area contributed by atoms with E-state index in [1.165, 1.54) is 24.3 Å². The summed E-state index contributed by atoms with van der Waals surface area (Å²) in [7, 11) is 0. The second kappa shape index (κ2) is 10.3. The van der Waals surface area contributed by atoms with Gasteiger partial charge in [-0.2, -0.15) is 0 Å². The van der Waals surface area contributed by atoms with Crippen molar-refractivity contribution in [1.82, 2.24) is 0 Å². The number of hydrogen-bond donors (Lipinski definition) is 2. The summed E-state index contributed by atoms with van der Waals surface area (Å²) < 4.78 is 21.7. The number of esters is 3. The van der Waals surface area contributed by atoms with Crippen molar-refractivity contribution in [3.8, 4) is 0 Å². The summed E-state index contributed by atoms with van der Waals surface area (Å²) in [5, 5.41) is 21.5. The molecule has 1 fully saturated rings. The van der Waals surface area contributed by atoms with Gasteiger partial charge in [-0.05, 0) is 43.3 Å². The summed E-state index contributed by atoms with van der Waals surface area (Å²) in [5.74, 6) is -5.52. The van der Waals surface area contributed by atoms with Crippen LogP contribution in [0, 0.1) is 0 Å². The minimum atomic E-state index is -3.08.